The maximum Gasteiger partial charge on any atom is 0.271 e. The Hall–Kier alpha value is -3.46. The number of rotatable bonds is 6. The quantitative estimate of drug-likeness (QED) is 0.407. The van der Waals surface area contributed by atoms with E-state index in [4.69, 9.17) is 9.98 Å². The molecule has 52 heavy (non-hydrogen) atoms. The van der Waals surface area contributed by atoms with E-state index in [-0.39, 0.29) is 21.5 Å². The molecule has 0 N–H and O–H groups in total. The number of piperazine rings is 1. The number of benzene rings is 2. The van der Waals surface area contributed by atoms with Crippen molar-refractivity contribution in [1.82, 2.24) is 18.4 Å². The van der Waals surface area contributed by atoms with Crippen LogP contribution in [0.1, 0.15) is 80.4 Å². The van der Waals surface area contributed by atoms with Crippen LogP contribution in [0.15, 0.2) is 68.3 Å². The van der Waals surface area contributed by atoms with Crippen LogP contribution in [0, 0.1) is 24.7 Å². The van der Waals surface area contributed by atoms with Gasteiger partial charge in [0.05, 0.1) is 43.8 Å². The van der Waals surface area contributed by atoms with E-state index in [1.807, 2.05) is 55.4 Å². The second kappa shape index (κ2) is 13.1. The molecule has 2 atom stereocenters. The molecule has 3 saturated heterocycles. The molecule has 5 rings (SSSR count). The highest BCUT2D eigenvalue weighted by Gasteiger charge is 2.61. The molecule has 0 aromatic heterocycles. The Bertz CT molecular complexity index is 1870. The molecule has 12 nitrogen and oxygen atoms in total. The molecule has 14 heteroatoms. The van der Waals surface area contributed by atoms with Gasteiger partial charge in [-0.2, -0.15) is 8.61 Å². The highest BCUT2D eigenvalue weighted by atomic mass is 32.2. The van der Waals surface area contributed by atoms with E-state index in [1.54, 1.807) is 52.0 Å². The average molecular weight is 755 g/mol. The highest BCUT2D eigenvalue weighted by Crippen LogP contribution is 2.43. The second-order valence-corrected chi connectivity index (χ2v) is 21.0. The maximum absolute atomic E-state index is 14.2. The van der Waals surface area contributed by atoms with Crippen molar-refractivity contribution in [2.45, 2.75) is 116 Å². The van der Waals surface area contributed by atoms with Crippen LogP contribution in [-0.2, 0) is 29.6 Å². The van der Waals surface area contributed by atoms with Gasteiger partial charge in [-0.05, 0) is 107 Å². The number of carbonyl (C=O) groups excluding carboxylic acids is 2. The number of hydrogen-bond acceptors (Lipinski definition) is 10. The Morgan fingerprint density at radius 3 is 1.08 bits per heavy atom. The molecule has 284 valence electrons. The van der Waals surface area contributed by atoms with E-state index >= 15 is 0 Å². The Kier molecular flexibility index (Phi) is 10.0. The fourth-order valence-corrected chi connectivity index (χ4v) is 10.4. The second-order valence-electron chi connectivity index (χ2n) is 17.4. The molecule has 3 aliphatic heterocycles. The normalized spacial score (nSPS) is 25.2. The molecule has 0 aliphatic carbocycles. The number of carbonyl (C=O) groups is 2. The lowest BCUT2D eigenvalue weighted by Gasteiger charge is -2.45. The largest absolute Gasteiger partial charge is 0.290 e. The summed E-state index contributed by atoms with van der Waals surface area (Å²) in [6.45, 7) is 23.6. The summed E-state index contributed by atoms with van der Waals surface area (Å²) in [4.78, 5) is 42.4. The minimum atomic E-state index is -4.28. The van der Waals surface area contributed by atoms with Gasteiger partial charge in [0.25, 0.3) is 20.0 Å². The fraction of sp³-hybridized carbons (Fsp3) is 0.579. The fourth-order valence-electron chi connectivity index (χ4n) is 7.32. The number of hydrogen-bond donors (Lipinski definition) is 0. The van der Waals surface area contributed by atoms with Crippen LogP contribution in [-0.4, -0.2) is 108 Å². The van der Waals surface area contributed by atoms with Crippen molar-refractivity contribution < 1.29 is 26.4 Å². The molecular weight excluding hydrogens is 701 g/mol. The van der Waals surface area contributed by atoms with Crippen molar-refractivity contribution in [2.75, 3.05) is 26.2 Å². The predicted molar refractivity (Wildman–Crippen MR) is 203 cm³/mol. The zero-order chi connectivity index (χ0) is 39.0. The van der Waals surface area contributed by atoms with E-state index in [0.29, 0.717) is 26.2 Å². The van der Waals surface area contributed by atoms with E-state index in [1.165, 1.54) is 24.3 Å². The lowest BCUT2D eigenvalue weighted by Crippen LogP contribution is -2.60. The minimum Gasteiger partial charge on any atom is -0.290 e. The van der Waals surface area contributed by atoms with Crippen molar-refractivity contribution in [1.29, 1.82) is 0 Å². The number of aliphatic imine (C=N–C) groups is 2. The summed E-state index contributed by atoms with van der Waals surface area (Å²) in [5.41, 5.74) is -1.91. The molecule has 3 fully saturated rings. The van der Waals surface area contributed by atoms with Crippen LogP contribution in [0.5, 0.6) is 0 Å². The molecular formula is C38H54N6O6S2. The van der Waals surface area contributed by atoms with Crippen molar-refractivity contribution >= 4 is 43.5 Å². The van der Waals surface area contributed by atoms with Gasteiger partial charge in [-0.3, -0.25) is 29.4 Å². The van der Waals surface area contributed by atoms with E-state index in [0.717, 1.165) is 19.7 Å². The summed E-state index contributed by atoms with van der Waals surface area (Å²) < 4.78 is 58.5. The first-order chi connectivity index (χ1) is 23.7. The van der Waals surface area contributed by atoms with Crippen molar-refractivity contribution in [3.05, 3.63) is 59.7 Å². The van der Waals surface area contributed by atoms with E-state index < -0.39 is 65.9 Å². The third kappa shape index (κ3) is 7.11. The first kappa shape index (κ1) is 39.7. The average Bonchev–Trinajstić information content (AvgIpc) is 3.32. The smallest absolute Gasteiger partial charge is 0.271 e. The lowest BCUT2D eigenvalue weighted by molar-refractivity contribution is -0.133. The molecule has 2 aromatic rings. The van der Waals surface area contributed by atoms with Crippen LogP contribution < -0.4 is 0 Å². The molecule has 0 saturated carbocycles. The summed E-state index contributed by atoms with van der Waals surface area (Å²) in [5, 5.41) is 0. The topological polar surface area (TPSA) is 140 Å². The standard InChI is InChI=1S/C38H54N6O6S2/c1-25-13-17-27(18-14-25)51(47,48)43-31(39-35(3,4)5)29(37(9,10)33(43)45)41-21-23-42(24-22-41)30-32(40-36(6,7)8)44(34(46)38(30,11)12)52(49,50)28-19-15-26(2)16-20-28/h13-20,29-30H,21-24H2,1-12H3. The molecule has 0 radical (unpaired) electrons. The Labute approximate surface area is 310 Å². The third-order valence-electron chi connectivity index (χ3n) is 9.84. The zero-order valence-corrected chi connectivity index (χ0v) is 34.2. The van der Waals surface area contributed by atoms with Crippen LogP contribution in [0.3, 0.4) is 0 Å². The van der Waals surface area contributed by atoms with Gasteiger partial charge in [0, 0.05) is 26.2 Å². The molecule has 0 bridgehead atoms. The summed E-state index contributed by atoms with van der Waals surface area (Å²) in [6.07, 6.45) is 0. The molecule has 3 heterocycles. The molecule has 0 spiro atoms. The predicted octanol–water partition coefficient (Wildman–Crippen LogP) is 4.87. The summed E-state index contributed by atoms with van der Waals surface area (Å²) in [7, 11) is -8.57. The number of nitrogens with zero attached hydrogens (tertiary/aromatic N) is 6. The van der Waals surface area contributed by atoms with Crippen LogP contribution in [0.4, 0.5) is 0 Å². The summed E-state index contributed by atoms with van der Waals surface area (Å²) in [6, 6.07) is 11.5. The first-order valence-corrected chi connectivity index (χ1v) is 20.6. The number of aryl methyl sites for hydroxylation is 2. The van der Waals surface area contributed by atoms with Crippen LogP contribution >= 0.6 is 0 Å². The van der Waals surface area contributed by atoms with Gasteiger partial charge in [-0.25, -0.2) is 16.8 Å². The highest BCUT2D eigenvalue weighted by molar-refractivity contribution is 7.90. The number of amides is 2. The monoisotopic (exact) mass is 754 g/mol. The van der Waals surface area contributed by atoms with E-state index in [9.17, 15) is 26.4 Å². The van der Waals surface area contributed by atoms with Gasteiger partial charge in [0.15, 0.2) is 0 Å². The van der Waals surface area contributed by atoms with Crippen molar-refractivity contribution in [3.63, 3.8) is 0 Å². The zero-order valence-electron chi connectivity index (χ0n) is 32.6. The van der Waals surface area contributed by atoms with Gasteiger partial charge in [0.1, 0.15) is 11.7 Å². The Balaban J connectivity index is 1.52. The van der Waals surface area contributed by atoms with Gasteiger partial charge in [0.2, 0.25) is 11.8 Å². The summed E-state index contributed by atoms with van der Waals surface area (Å²) in [5.74, 6) is -0.748. The SMILES string of the molecule is Cc1ccc(S(=O)(=O)N2C(=O)C(C)(C)C(N3CCN(C4C(=NC(C)(C)C)N(S(=O)(=O)c5ccc(C)cc5)C(=O)C4(C)C)CC3)C2=NC(C)(C)C)cc1. The van der Waals surface area contributed by atoms with Gasteiger partial charge in [-0.15, -0.1) is 0 Å². The first-order valence-electron chi connectivity index (χ1n) is 17.7. The number of sulfonamides is 2. The van der Waals surface area contributed by atoms with Crippen molar-refractivity contribution in [3.8, 4) is 0 Å². The summed E-state index contributed by atoms with van der Waals surface area (Å²) >= 11 is 0. The molecule has 2 aromatic carbocycles. The maximum atomic E-state index is 14.2. The third-order valence-corrected chi connectivity index (χ3v) is 13.2. The Morgan fingerprint density at radius 1 is 0.558 bits per heavy atom. The lowest BCUT2D eigenvalue weighted by atomic mass is 9.83. The van der Waals surface area contributed by atoms with Crippen LogP contribution in [0.25, 0.3) is 0 Å². The van der Waals surface area contributed by atoms with Crippen molar-refractivity contribution in [2.24, 2.45) is 20.8 Å². The van der Waals surface area contributed by atoms with Gasteiger partial charge < -0.3 is 0 Å². The molecule has 2 unspecified atom stereocenters. The minimum absolute atomic E-state index is 0.0123. The van der Waals surface area contributed by atoms with Gasteiger partial charge >= 0.3 is 0 Å². The van der Waals surface area contributed by atoms with E-state index in [2.05, 4.69) is 9.80 Å². The van der Waals surface area contributed by atoms with Gasteiger partial charge in [-0.1, -0.05) is 35.4 Å². The Morgan fingerprint density at radius 2 is 0.827 bits per heavy atom. The van der Waals surface area contributed by atoms with Crippen LogP contribution in [0.2, 0.25) is 0 Å². The molecule has 2 amide bonds. The molecule has 3 aliphatic rings. The number of amidine groups is 2.